The summed E-state index contributed by atoms with van der Waals surface area (Å²) < 4.78 is 5.72. The van der Waals surface area contributed by atoms with Gasteiger partial charge in [0.2, 0.25) is 0 Å². The van der Waals surface area contributed by atoms with Gasteiger partial charge in [0.1, 0.15) is 0 Å². The van der Waals surface area contributed by atoms with Gasteiger partial charge in [-0.15, -0.1) is 0 Å². The molecule has 1 aliphatic rings. The standard InChI is InChI=1S/C13H27NO/c1-4-12(15-5-2)13(14)11-8-6-7-10(3)9-11/h10-13H,4-9,14H2,1-3H3. The molecule has 1 saturated carbocycles. The second kappa shape index (κ2) is 6.49. The lowest BCUT2D eigenvalue weighted by Crippen LogP contribution is -2.44. The first-order chi connectivity index (χ1) is 7.19. The maximum absolute atomic E-state index is 6.33. The van der Waals surface area contributed by atoms with Crippen LogP contribution in [0.4, 0.5) is 0 Å². The summed E-state index contributed by atoms with van der Waals surface area (Å²) in [5, 5.41) is 0. The summed E-state index contributed by atoms with van der Waals surface area (Å²) in [7, 11) is 0. The predicted octanol–water partition coefficient (Wildman–Crippen LogP) is 2.96. The van der Waals surface area contributed by atoms with Crippen LogP contribution in [0.3, 0.4) is 0 Å². The second-order valence-corrected chi connectivity index (χ2v) is 5.01. The molecule has 0 spiro atoms. The number of ether oxygens (including phenoxy) is 1. The molecule has 1 rings (SSSR count). The van der Waals surface area contributed by atoms with Gasteiger partial charge in [-0.25, -0.2) is 0 Å². The van der Waals surface area contributed by atoms with Crippen molar-refractivity contribution in [2.75, 3.05) is 6.61 Å². The minimum atomic E-state index is 0.248. The number of hydrogen-bond donors (Lipinski definition) is 1. The van der Waals surface area contributed by atoms with Crippen LogP contribution in [0.1, 0.15) is 52.9 Å². The van der Waals surface area contributed by atoms with Gasteiger partial charge in [-0.1, -0.05) is 26.7 Å². The van der Waals surface area contributed by atoms with Crippen molar-refractivity contribution in [1.29, 1.82) is 0 Å². The highest BCUT2D eigenvalue weighted by Crippen LogP contribution is 2.31. The summed E-state index contributed by atoms with van der Waals surface area (Å²) >= 11 is 0. The van der Waals surface area contributed by atoms with Gasteiger partial charge < -0.3 is 10.5 Å². The lowest BCUT2D eigenvalue weighted by Gasteiger charge is -2.35. The van der Waals surface area contributed by atoms with Crippen LogP contribution in [0.15, 0.2) is 0 Å². The fourth-order valence-electron chi connectivity index (χ4n) is 2.85. The molecule has 0 saturated heterocycles. The van der Waals surface area contributed by atoms with Gasteiger partial charge >= 0.3 is 0 Å². The van der Waals surface area contributed by atoms with E-state index in [0.29, 0.717) is 5.92 Å². The van der Waals surface area contributed by atoms with Gasteiger partial charge in [0, 0.05) is 12.6 Å². The molecule has 4 unspecified atom stereocenters. The van der Waals surface area contributed by atoms with Gasteiger partial charge in [-0.2, -0.15) is 0 Å². The molecule has 0 amide bonds. The normalized spacial score (nSPS) is 31.2. The first-order valence-corrected chi connectivity index (χ1v) is 6.56. The Kier molecular flexibility index (Phi) is 5.62. The average Bonchev–Trinajstić information content (AvgIpc) is 2.25. The molecule has 1 fully saturated rings. The van der Waals surface area contributed by atoms with Crippen molar-refractivity contribution >= 4 is 0 Å². The van der Waals surface area contributed by atoms with Crippen LogP contribution in [0.2, 0.25) is 0 Å². The molecular formula is C13H27NO. The van der Waals surface area contributed by atoms with E-state index in [1.54, 1.807) is 0 Å². The van der Waals surface area contributed by atoms with Crippen molar-refractivity contribution in [1.82, 2.24) is 0 Å². The molecule has 4 atom stereocenters. The summed E-state index contributed by atoms with van der Waals surface area (Å²) in [6.45, 7) is 7.36. The third kappa shape index (κ3) is 3.76. The van der Waals surface area contributed by atoms with Gasteiger partial charge in [-0.3, -0.25) is 0 Å². The van der Waals surface area contributed by atoms with Gasteiger partial charge in [0.25, 0.3) is 0 Å². The summed E-state index contributed by atoms with van der Waals surface area (Å²) in [6.07, 6.45) is 6.64. The summed E-state index contributed by atoms with van der Waals surface area (Å²) in [5.41, 5.74) is 6.33. The zero-order valence-electron chi connectivity index (χ0n) is 10.5. The highest BCUT2D eigenvalue weighted by molar-refractivity contribution is 4.84. The predicted molar refractivity (Wildman–Crippen MR) is 64.8 cm³/mol. The van der Waals surface area contributed by atoms with E-state index in [0.717, 1.165) is 18.9 Å². The Hall–Kier alpha value is -0.0800. The van der Waals surface area contributed by atoms with E-state index in [-0.39, 0.29) is 12.1 Å². The van der Waals surface area contributed by atoms with Crippen LogP contribution in [0.5, 0.6) is 0 Å². The van der Waals surface area contributed by atoms with Crippen LogP contribution >= 0.6 is 0 Å². The minimum Gasteiger partial charge on any atom is -0.377 e. The highest BCUT2D eigenvalue weighted by atomic mass is 16.5. The van der Waals surface area contributed by atoms with Crippen LogP contribution in [-0.4, -0.2) is 18.8 Å². The Morgan fingerprint density at radius 1 is 1.33 bits per heavy atom. The zero-order chi connectivity index (χ0) is 11.3. The van der Waals surface area contributed by atoms with Crippen molar-refractivity contribution in [3.8, 4) is 0 Å². The third-order valence-corrected chi connectivity index (χ3v) is 3.73. The van der Waals surface area contributed by atoms with Gasteiger partial charge in [-0.05, 0) is 38.0 Å². The van der Waals surface area contributed by atoms with Crippen molar-refractivity contribution < 1.29 is 4.74 Å². The van der Waals surface area contributed by atoms with E-state index >= 15 is 0 Å². The second-order valence-electron chi connectivity index (χ2n) is 5.01. The topological polar surface area (TPSA) is 35.2 Å². The van der Waals surface area contributed by atoms with Crippen LogP contribution < -0.4 is 5.73 Å². The quantitative estimate of drug-likeness (QED) is 0.762. The first kappa shape index (κ1) is 13.0. The Balaban J connectivity index is 2.45. The average molecular weight is 213 g/mol. The van der Waals surface area contributed by atoms with Crippen molar-refractivity contribution in [2.24, 2.45) is 17.6 Å². The fourth-order valence-corrected chi connectivity index (χ4v) is 2.85. The summed E-state index contributed by atoms with van der Waals surface area (Å²) in [6, 6.07) is 0.248. The van der Waals surface area contributed by atoms with E-state index in [9.17, 15) is 0 Å². The summed E-state index contributed by atoms with van der Waals surface area (Å²) in [5.74, 6) is 1.54. The van der Waals surface area contributed by atoms with E-state index in [1.807, 2.05) is 0 Å². The Labute approximate surface area is 94.6 Å². The monoisotopic (exact) mass is 213 g/mol. The largest absolute Gasteiger partial charge is 0.377 e. The minimum absolute atomic E-state index is 0.248. The van der Waals surface area contributed by atoms with Crippen molar-refractivity contribution in [2.45, 2.75) is 65.0 Å². The molecule has 2 nitrogen and oxygen atoms in total. The van der Waals surface area contributed by atoms with E-state index in [4.69, 9.17) is 10.5 Å². The molecule has 1 aliphatic carbocycles. The molecule has 15 heavy (non-hydrogen) atoms. The van der Waals surface area contributed by atoms with Gasteiger partial charge in [0.05, 0.1) is 6.10 Å². The number of rotatable bonds is 5. The molecule has 0 radical (unpaired) electrons. The first-order valence-electron chi connectivity index (χ1n) is 6.56. The van der Waals surface area contributed by atoms with Gasteiger partial charge in [0.15, 0.2) is 0 Å². The number of hydrogen-bond acceptors (Lipinski definition) is 2. The lowest BCUT2D eigenvalue weighted by molar-refractivity contribution is 0.0183. The van der Waals surface area contributed by atoms with Crippen LogP contribution in [0, 0.1) is 11.8 Å². The molecular weight excluding hydrogens is 186 g/mol. The van der Waals surface area contributed by atoms with E-state index in [1.165, 1.54) is 25.7 Å². The third-order valence-electron chi connectivity index (χ3n) is 3.73. The van der Waals surface area contributed by atoms with Crippen LogP contribution in [-0.2, 0) is 4.74 Å². The molecule has 0 aromatic heterocycles. The van der Waals surface area contributed by atoms with Crippen molar-refractivity contribution in [3.05, 3.63) is 0 Å². The van der Waals surface area contributed by atoms with E-state index in [2.05, 4.69) is 20.8 Å². The Morgan fingerprint density at radius 2 is 2.07 bits per heavy atom. The molecule has 0 heterocycles. The molecule has 90 valence electrons. The summed E-state index contributed by atoms with van der Waals surface area (Å²) in [4.78, 5) is 0. The fraction of sp³-hybridized carbons (Fsp3) is 1.00. The highest BCUT2D eigenvalue weighted by Gasteiger charge is 2.29. The SMILES string of the molecule is CCOC(CC)C(N)C1CCCC(C)C1. The van der Waals surface area contributed by atoms with E-state index < -0.39 is 0 Å². The zero-order valence-corrected chi connectivity index (χ0v) is 10.5. The maximum atomic E-state index is 6.33. The Morgan fingerprint density at radius 3 is 2.60 bits per heavy atom. The molecule has 0 aromatic carbocycles. The van der Waals surface area contributed by atoms with Crippen molar-refractivity contribution in [3.63, 3.8) is 0 Å². The van der Waals surface area contributed by atoms with Crippen LogP contribution in [0.25, 0.3) is 0 Å². The molecule has 0 bridgehead atoms. The maximum Gasteiger partial charge on any atom is 0.0725 e. The molecule has 0 aromatic rings. The number of nitrogens with two attached hydrogens (primary N) is 1. The molecule has 2 heteroatoms. The Bertz CT molecular complexity index is 172. The lowest BCUT2D eigenvalue weighted by atomic mass is 9.77. The smallest absolute Gasteiger partial charge is 0.0725 e. The molecule has 0 aliphatic heterocycles. The molecule has 2 N–H and O–H groups in total.